The molecule has 1 N–H and O–H groups in total. The van der Waals surface area contributed by atoms with Crippen LogP contribution in [0.15, 0.2) is 53.7 Å². The number of nitrogens with zero attached hydrogens (tertiary/aromatic N) is 3. The quantitative estimate of drug-likeness (QED) is 0.515. The molecule has 4 amide bonds. The number of benzene rings is 2. The number of allylic oxidation sites excluding steroid dienone is 1. The Labute approximate surface area is 208 Å². The minimum Gasteiger partial charge on any atom is -0.338 e. The van der Waals surface area contributed by atoms with Gasteiger partial charge in [-0.15, -0.1) is 0 Å². The fourth-order valence-electron chi connectivity index (χ4n) is 5.19. The van der Waals surface area contributed by atoms with Crippen molar-refractivity contribution in [3.05, 3.63) is 76.0 Å². The van der Waals surface area contributed by atoms with Crippen molar-refractivity contribution in [1.82, 2.24) is 10.2 Å². The molecule has 0 spiro atoms. The fourth-order valence-corrected chi connectivity index (χ4v) is 5.19. The Morgan fingerprint density at radius 3 is 2.61 bits per heavy atom. The van der Waals surface area contributed by atoms with E-state index in [-0.39, 0.29) is 18.2 Å². The Kier molecular flexibility index (Phi) is 6.81. The minimum absolute atomic E-state index is 0.0212. The van der Waals surface area contributed by atoms with E-state index in [0.717, 1.165) is 41.0 Å². The van der Waals surface area contributed by atoms with Crippen LogP contribution < -0.4 is 10.2 Å². The average molecular weight is 497 g/mol. The SMILES string of the molecule is CCNC(=O)N1C(=O)N(c2cccc(C(F)(F)F)c2)C2=C(C(C)CCC2)C1c1ccc(C#N)cc1C. The van der Waals surface area contributed by atoms with Gasteiger partial charge in [0.2, 0.25) is 0 Å². The molecule has 0 saturated carbocycles. The van der Waals surface area contributed by atoms with Crippen molar-refractivity contribution in [2.75, 3.05) is 11.4 Å². The number of amides is 4. The molecule has 1 heterocycles. The number of aryl methyl sites for hydroxylation is 1. The maximum absolute atomic E-state index is 14.0. The van der Waals surface area contributed by atoms with Gasteiger partial charge in [0.25, 0.3) is 0 Å². The lowest BCUT2D eigenvalue weighted by molar-refractivity contribution is -0.137. The van der Waals surface area contributed by atoms with E-state index in [1.54, 1.807) is 25.1 Å². The van der Waals surface area contributed by atoms with E-state index in [1.165, 1.54) is 17.0 Å². The molecule has 0 fully saturated rings. The molecule has 2 aromatic carbocycles. The molecule has 2 aromatic rings. The van der Waals surface area contributed by atoms with Gasteiger partial charge in [-0.1, -0.05) is 19.1 Å². The molecule has 1 aliphatic carbocycles. The van der Waals surface area contributed by atoms with Crippen molar-refractivity contribution >= 4 is 17.7 Å². The molecule has 2 unspecified atom stereocenters. The minimum atomic E-state index is -4.58. The second-order valence-corrected chi connectivity index (χ2v) is 9.15. The first kappa shape index (κ1) is 25.3. The summed E-state index contributed by atoms with van der Waals surface area (Å²) in [5.74, 6) is -0.0212. The first-order valence-electron chi connectivity index (χ1n) is 11.9. The lowest BCUT2D eigenvalue weighted by Crippen LogP contribution is -2.56. The summed E-state index contributed by atoms with van der Waals surface area (Å²) in [7, 11) is 0. The smallest absolute Gasteiger partial charge is 0.338 e. The van der Waals surface area contributed by atoms with Gasteiger partial charge in [-0.3, -0.25) is 4.90 Å². The first-order valence-corrected chi connectivity index (χ1v) is 11.9. The third kappa shape index (κ3) is 4.43. The molecule has 9 heteroatoms. The Morgan fingerprint density at radius 1 is 1.22 bits per heavy atom. The molecular weight excluding hydrogens is 469 g/mol. The summed E-state index contributed by atoms with van der Waals surface area (Å²) in [5.41, 5.74) is 2.58. The van der Waals surface area contributed by atoms with E-state index in [4.69, 9.17) is 0 Å². The van der Waals surface area contributed by atoms with Gasteiger partial charge in [0, 0.05) is 12.2 Å². The standard InChI is InChI=1S/C27H27F3N4O2/c1-4-32-25(35)34-24(21-12-11-18(15-31)13-17(21)3)23-16(2)7-5-10-22(23)33(26(34)36)20-9-6-8-19(14-20)27(28,29)30/h6,8-9,11-14,16,24H,4-5,7,10H2,1-3H3,(H,32,35). The number of urea groups is 2. The third-order valence-corrected chi connectivity index (χ3v) is 6.81. The number of anilines is 1. The lowest BCUT2D eigenvalue weighted by atomic mass is 9.77. The third-order valence-electron chi connectivity index (χ3n) is 6.81. The van der Waals surface area contributed by atoms with Crippen LogP contribution in [0, 0.1) is 24.2 Å². The van der Waals surface area contributed by atoms with Gasteiger partial charge >= 0.3 is 18.2 Å². The van der Waals surface area contributed by atoms with Crippen LogP contribution in [0.1, 0.15) is 61.4 Å². The van der Waals surface area contributed by atoms with Crippen LogP contribution in [-0.4, -0.2) is 23.5 Å². The van der Waals surface area contributed by atoms with Gasteiger partial charge in [0.15, 0.2) is 0 Å². The van der Waals surface area contributed by atoms with Gasteiger partial charge in [0.1, 0.15) is 0 Å². The second-order valence-electron chi connectivity index (χ2n) is 9.15. The highest BCUT2D eigenvalue weighted by Crippen LogP contribution is 2.48. The lowest BCUT2D eigenvalue weighted by Gasteiger charge is -2.47. The number of alkyl halides is 3. The van der Waals surface area contributed by atoms with Crippen LogP contribution in [-0.2, 0) is 6.18 Å². The molecule has 4 rings (SSSR count). The molecule has 0 saturated heterocycles. The summed E-state index contributed by atoms with van der Waals surface area (Å²) >= 11 is 0. The van der Waals surface area contributed by atoms with E-state index in [1.807, 2.05) is 13.8 Å². The van der Waals surface area contributed by atoms with E-state index in [9.17, 15) is 28.0 Å². The molecule has 6 nitrogen and oxygen atoms in total. The highest BCUT2D eigenvalue weighted by Gasteiger charge is 2.47. The molecule has 2 aliphatic rings. The highest BCUT2D eigenvalue weighted by atomic mass is 19.4. The normalized spacial score (nSPS) is 20.2. The van der Waals surface area contributed by atoms with E-state index >= 15 is 0 Å². The van der Waals surface area contributed by atoms with Gasteiger partial charge in [0.05, 0.1) is 28.9 Å². The highest BCUT2D eigenvalue weighted by molar-refractivity contribution is 6.06. The van der Waals surface area contributed by atoms with Gasteiger partial charge in [-0.05, 0) is 86.1 Å². The predicted molar refractivity (Wildman–Crippen MR) is 129 cm³/mol. The van der Waals surface area contributed by atoms with Crippen LogP contribution in [0.4, 0.5) is 28.4 Å². The number of carbonyl (C=O) groups is 2. The predicted octanol–water partition coefficient (Wildman–Crippen LogP) is 6.67. The number of hydrogen-bond donors (Lipinski definition) is 1. The number of nitrogens with one attached hydrogen (secondary N) is 1. The zero-order valence-electron chi connectivity index (χ0n) is 20.3. The number of halogens is 3. The zero-order chi connectivity index (χ0) is 26.2. The fraction of sp³-hybridized carbons (Fsp3) is 0.370. The maximum atomic E-state index is 14.0. The van der Waals surface area contributed by atoms with Crippen molar-refractivity contribution in [2.45, 2.75) is 52.3 Å². The van der Waals surface area contributed by atoms with Crippen LogP contribution in [0.25, 0.3) is 0 Å². The van der Waals surface area contributed by atoms with Crippen LogP contribution in [0.2, 0.25) is 0 Å². The number of hydrogen-bond acceptors (Lipinski definition) is 3. The van der Waals surface area contributed by atoms with Crippen LogP contribution >= 0.6 is 0 Å². The van der Waals surface area contributed by atoms with Crippen LogP contribution in [0.3, 0.4) is 0 Å². The average Bonchev–Trinajstić information content (AvgIpc) is 2.83. The Morgan fingerprint density at radius 2 is 1.97 bits per heavy atom. The molecule has 1 aliphatic heterocycles. The molecule has 0 bridgehead atoms. The summed E-state index contributed by atoms with van der Waals surface area (Å²) in [6, 6.07) is 9.78. The van der Waals surface area contributed by atoms with E-state index in [2.05, 4.69) is 11.4 Å². The van der Waals surface area contributed by atoms with Crippen LogP contribution in [0.5, 0.6) is 0 Å². The molecule has 2 atom stereocenters. The summed E-state index contributed by atoms with van der Waals surface area (Å²) in [5, 5.41) is 12.0. The van der Waals surface area contributed by atoms with Crippen molar-refractivity contribution in [3.8, 4) is 6.07 Å². The molecule has 0 radical (unpaired) electrons. The zero-order valence-corrected chi connectivity index (χ0v) is 20.3. The van der Waals surface area contributed by atoms with Gasteiger partial charge in [-0.25, -0.2) is 14.5 Å². The number of carbonyl (C=O) groups excluding carboxylic acids is 2. The Hall–Kier alpha value is -3.80. The van der Waals surface area contributed by atoms with E-state index in [0.29, 0.717) is 23.2 Å². The van der Waals surface area contributed by atoms with Gasteiger partial charge < -0.3 is 5.32 Å². The van der Waals surface area contributed by atoms with Gasteiger partial charge in [-0.2, -0.15) is 18.4 Å². The maximum Gasteiger partial charge on any atom is 0.416 e. The Bertz CT molecular complexity index is 1280. The molecule has 0 aromatic heterocycles. The summed E-state index contributed by atoms with van der Waals surface area (Å²) < 4.78 is 40.5. The Balaban J connectivity index is 1.98. The van der Waals surface area contributed by atoms with Crippen molar-refractivity contribution < 1.29 is 22.8 Å². The summed E-state index contributed by atoms with van der Waals surface area (Å²) in [6.45, 7) is 5.83. The van der Waals surface area contributed by atoms with Crippen molar-refractivity contribution in [1.29, 1.82) is 5.26 Å². The van der Waals surface area contributed by atoms with Crippen molar-refractivity contribution in [2.24, 2.45) is 5.92 Å². The van der Waals surface area contributed by atoms with Crippen molar-refractivity contribution in [3.63, 3.8) is 0 Å². The van der Waals surface area contributed by atoms with E-state index < -0.39 is 29.8 Å². The summed E-state index contributed by atoms with van der Waals surface area (Å²) in [4.78, 5) is 29.7. The first-order chi connectivity index (χ1) is 17.1. The monoisotopic (exact) mass is 496 g/mol. The largest absolute Gasteiger partial charge is 0.416 e. The number of imide groups is 1. The molecule has 188 valence electrons. The molecular formula is C27H27F3N4O2. The second kappa shape index (κ2) is 9.69. The summed E-state index contributed by atoms with van der Waals surface area (Å²) in [6.07, 6.45) is -2.49. The molecule has 36 heavy (non-hydrogen) atoms. The topological polar surface area (TPSA) is 76.4 Å². The number of nitriles is 1. The number of rotatable bonds is 3.